The molecule has 3 aromatic rings. The number of sulfonamides is 1. The first-order valence-corrected chi connectivity index (χ1v) is 11.8. The molecule has 0 bridgehead atoms. The maximum atomic E-state index is 12.8. The van der Waals surface area contributed by atoms with Gasteiger partial charge in [-0.1, -0.05) is 17.7 Å². The molecule has 1 aromatic heterocycles. The van der Waals surface area contributed by atoms with Crippen molar-refractivity contribution in [1.82, 2.24) is 9.78 Å². The van der Waals surface area contributed by atoms with Gasteiger partial charge in [0.25, 0.3) is 10.0 Å². The molecule has 1 unspecified atom stereocenters. The highest BCUT2D eigenvalue weighted by Crippen LogP contribution is 2.31. The average Bonchev–Trinajstić information content (AvgIpc) is 3.13. The lowest BCUT2D eigenvalue weighted by atomic mass is 10.1. The fourth-order valence-corrected chi connectivity index (χ4v) is 4.67. The number of carbonyl (C=O) groups excluding carboxylic acids is 1. The second-order valence-electron chi connectivity index (χ2n) is 7.49. The van der Waals surface area contributed by atoms with Gasteiger partial charge in [0.1, 0.15) is 0 Å². The molecule has 1 atom stereocenters. The van der Waals surface area contributed by atoms with E-state index in [9.17, 15) is 13.2 Å². The van der Waals surface area contributed by atoms with Crippen LogP contribution in [0.4, 0.5) is 5.69 Å². The Bertz CT molecular complexity index is 1200. The molecule has 2 heterocycles. The minimum atomic E-state index is -3.77. The molecule has 8 nitrogen and oxygen atoms in total. The van der Waals surface area contributed by atoms with Gasteiger partial charge in [0, 0.05) is 17.7 Å². The summed E-state index contributed by atoms with van der Waals surface area (Å²) >= 11 is 0. The SMILES string of the molecule is CCOC(=O)c1nn(C2CCCCO2)c2ccc(NS(=O)(=O)c3ccc(C)cc3)cc12. The van der Waals surface area contributed by atoms with Crippen molar-refractivity contribution in [3.05, 3.63) is 53.7 Å². The van der Waals surface area contributed by atoms with Gasteiger partial charge in [-0.25, -0.2) is 17.9 Å². The molecule has 164 valence electrons. The summed E-state index contributed by atoms with van der Waals surface area (Å²) in [6.07, 6.45) is 2.52. The Balaban J connectivity index is 1.73. The number of rotatable bonds is 6. The van der Waals surface area contributed by atoms with Crippen LogP contribution in [0.2, 0.25) is 0 Å². The molecule has 1 aliphatic rings. The number of anilines is 1. The highest BCUT2D eigenvalue weighted by molar-refractivity contribution is 7.92. The summed E-state index contributed by atoms with van der Waals surface area (Å²) in [7, 11) is -3.77. The number of esters is 1. The van der Waals surface area contributed by atoms with Gasteiger partial charge in [0.15, 0.2) is 11.9 Å². The van der Waals surface area contributed by atoms with Crippen LogP contribution in [0.3, 0.4) is 0 Å². The second kappa shape index (κ2) is 8.68. The van der Waals surface area contributed by atoms with E-state index in [0.717, 1.165) is 24.8 Å². The number of aromatic nitrogens is 2. The third kappa shape index (κ3) is 4.42. The van der Waals surface area contributed by atoms with Crippen molar-refractivity contribution in [1.29, 1.82) is 0 Å². The van der Waals surface area contributed by atoms with Crippen molar-refractivity contribution in [3.8, 4) is 0 Å². The summed E-state index contributed by atoms with van der Waals surface area (Å²) in [5.41, 5.74) is 2.13. The monoisotopic (exact) mass is 443 g/mol. The van der Waals surface area contributed by atoms with Gasteiger partial charge in [-0.05, 0) is 63.4 Å². The maximum absolute atomic E-state index is 12.8. The molecule has 1 aliphatic heterocycles. The van der Waals surface area contributed by atoms with Gasteiger partial charge >= 0.3 is 5.97 Å². The van der Waals surface area contributed by atoms with E-state index >= 15 is 0 Å². The van der Waals surface area contributed by atoms with E-state index < -0.39 is 16.0 Å². The predicted molar refractivity (Wildman–Crippen MR) is 117 cm³/mol. The number of fused-ring (bicyclic) bond motifs is 1. The molecule has 31 heavy (non-hydrogen) atoms. The lowest BCUT2D eigenvalue weighted by molar-refractivity contribution is -0.0369. The van der Waals surface area contributed by atoms with Crippen molar-refractivity contribution in [2.45, 2.75) is 44.2 Å². The third-order valence-corrected chi connectivity index (χ3v) is 6.58. The molecule has 0 radical (unpaired) electrons. The van der Waals surface area contributed by atoms with E-state index in [1.165, 1.54) is 0 Å². The maximum Gasteiger partial charge on any atom is 0.359 e. The summed E-state index contributed by atoms with van der Waals surface area (Å²) in [6.45, 7) is 4.47. The molecule has 4 rings (SSSR count). The zero-order chi connectivity index (χ0) is 22.0. The molecule has 0 saturated carbocycles. The predicted octanol–water partition coefficient (Wildman–Crippen LogP) is 4.02. The first-order valence-electron chi connectivity index (χ1n) is 10.3. The number of benzene rings is 2. The number of ether oxygens (including phenoxy) is 2. The topological polar surface area (TPSA) is 99.5 Å². The number of hydrogen-bond donors (Lipinski definition) is 1. The van der Waals surface area contributed by atoms with Gasteiger partial charge in [0.2, 0.25) is 0 Å². The highest BCUT2D eigenvalue weighted by atomic mass is 32.2. The largest absolute Gasteiger partial charge is 0.461 e. The van der Waals surface area contributed by atoms with E-state index in [4.69, 9.17) is 9.47 Å². The standard InChI is InChI=1S/C22H25N3O5S/c1-3-29-22(26)21-18-14-16(24-31(27,28)17-10-7-15(2)8-11-17)9-12-19(18)25(23-21)20-6-4-5-13-30-20/h7-12,14,20,24H,3-6,13H2,1-2H3. The van der Waals surface area contributed by atoms with Crippen LogP contribution in [-0.4, -0.2) is 37.4 Å². The van der Waals surface area contributed by atoms with Gasteiger partial charge < -0.3 is 9.47 Å². The summed E-state index contributed by atoms with van der Waals surface area (Å²) in [6, 6.07) is 11.6. The van der Waals surface area contributed by atoms with Crippen molar-refractivity contribution in [3.63, 3.8) is 0 Å². The van der Waals surface area contributed by atoms with Gasteiger partial charge in [-0.3, -0.25) is 4.72 Å². The fraction of sp³-hybridized carbons (Fsp3) is 0.364. The van der Waals surface area contributed by atoms with Crippen molar-refractivity contribution in [2.75, 3.05) is 17.9 Å². The second-order valence-corrected chi connectivity index (χ2v) is 9.17. The highest BCUT2D eigenvalue weighted by Gasteiger charge is 2.25. The van der Waals surface area contributed by atoms with Gasteiger partial charge in [0.05, 0.1) is 17.0 Å². The number of nitrogens with zero attached hydrogens (tertiary/aromatic N) is 2. The lowest BCUT2D eigenvalue weighted by Gasteiger charge is -2.23. The van der Waals surface area contributed by atoms with Crippen LogP contribution in [0.1, 0.15) is 48.5 Å². The third-order valence-electron chi connectivity index (χ3n) is 5.19. The van der Waals surface area contributed by atoms with Crippen LogP contribution in [-0.2, 0) is 19.5 Å². The Hall–Kier alpha value is -2.91. The van der Waals surface area contributed by atoms with Crippen LogP contribution >= 0.6 is 0 Å². The smallest absolute Gasteiger partial charge is 0.359 e. The Morgan fingerprint density at radius 3 is 2.68 bits per heavy atom. The average molecular weight is 444 g/mol. The molecule has 0 amide bonds. The van der Waals surface area contributed by atoms with Crippen molar-refractivity contribution < 1.29 is 22.7 Å². The fourth-order valence-electron chi connectivity index (χ4n) is 3.62. The molecule has 2 aromatic carbocycles. The number of nitrogens with one attached hydrogen (secondary N) is 1. The van der Waals surface area contributed by atoms with E-state index in [1.54, 1.807) is 54.1 Å². The first-order chi connectivity index (χ1) is 14.9. The van der Waals surface area contributed by atoms with E-state index in [0.29, 0.717) is 23.2 Å². The minimum absolute atomic E-state index is 0.141. The summed E-state index contributed by atoms with van der Waals surface area (Å²) in [5, 5.41) is 4.99. The number of hydrogen-bond acceptors (Lipinski definition) is 6. The number of carbonyl (C=O) groups is 1. The lowest BCUT2D eigenvalue weighted by Crippen LogP contribution is -2.19. The molecule has 1 fully saturated rings. The van der Waals surface area contributed by atoms with Crippen LogP contribution in [0, 0.1) is 6.92 Å². The number of aryl methyl sites for hydroxylation is 1. The van der Waals surface area contributed by atoms with E-state index in [2.05, 4.69) is 9.82 Å². The van der Waals surface area contributed by atoms with Crippen LogP contribution in [0.5, 0.6) is 0 Å². The molecule has 0 aliphatic carbocycles. The summed E-state index contributed by atoms with van der Waals surface area (Å²) in [4.78, 5) is 12.7. The zero-order valence-corrected chi connectivity index (χ0v) is 18.3. The van der Waals surface area contributed by atoms with Gasteiger partial charge in [-0.2, -0.15) is 5.10 Å². The molecule has 0 spiro atoms. The van der Waals surface area contributed by atoms with Crippen LogP contribution in [0.15, 0.2) is 47.4 Å². The summed E-state index contributed by atoms with van der Waals surface area (Å²) < 4.78 is 40.8. The van der Waals surface area contributed by atoms with Crippen molar-refractivity contribution >= 4 is 32.6 Å². The quantitative estimate of drug-likeness (QED) is 0.578. The van der Waals surface area contributed by atoms with Crippen LogP contribution < -0.4 is 4.72 Å². The molecular formula is C22H25N3O5S. The Labute approximate surface area is 181 Å². The molecule has 1 N–H and O–H groups in total. The van der Waals surface area contributed by atoms with Crippen molar-refractivity contribution in [2.24, 2.45) is 0 Å². The normalized spacial score (nSPS) is 16.9. The molecular weight excluding hydrogens is 418 g/mol. The Kier molecular flexibility index (Phi) is 5.97. The molecule has 9 heteroatoms. The Morgan fingerprint density at radius 1 is 1.23 bits per heavy atom. The summed E-state index contributed by atoms with van der Waals surface area (Å²) in [5.74, 6) is -0.555. The zero-order valence-electron chi connectivity index (χ0n) is 17.5. The minimum Gasteiger partial charge on any atom is -0.461 e. The van der Waals surface area contributed by atoms with Crippen LogP contribution in [0.25, 0.3) is 10.9 Å². The van der Waals surface area contributed by atoms with Gasteiger partial charge in [-0.15, -0.1) is 0 Å². The van der Waals surface area contributed by atoms with E-state index in [1.807, 2.05) is 6.92 Å². The molecule has 1 saturated heterocycles. The Morgan fingerprint density at radius 2 is 2.00 bits per heavy atom. The van der Waals surface area contributed by atoms with E-state index in [-0.39, 0.29) is 23.4 Å². The first kappa shape index (κ1) is 21.3.